The van der Waals surface area contributed by atoms with E-state index in [-0.39, 0.29) is 0 Å². The van der Waals surface area contributed by atoms with Gasteiger partial charge in [0.05, 0.1) is 7.11 Å². The zero-order chi connectivity index (χ0) is 6.28. The Kier molecular flexibility index (Phi) is 14.1. The van der Waals surface area contributed by atoms with Crippen LogP contribution in [0, 0.1) is 0 Å². The van der Waals surface area contributed by atoms with Crippen molar-refractivity contribution in [3.05, 3.63) is 0 Å². The van der Waals surface area contributed by atoms with Crippen LogP contribution in [0.15, 0.2) is 0 Å². The fourth-order valence-electron chi connectivity index (χ4n) is 0. The summed E-state index contributed by atoms with van der Waals surface area (Å²) in [7, 11) is 0.407. The summed E-state index contributed by atoms with van der Waals surface area (Å²) in [6.45, 7) is 0. The van der Waals surface area contributed by atoms with Crippen LogP contribution < -0.4 is 0 Å². The van der Waals surface area contributed by atoms with Gasteiger partial charge in [-0.2, -0.15) is 0 Å². The molecule has 0 rings (SSSR count). The lowest BCUT2D eigenvalue weighted by atomic mass is 11.8. The molecule has 3 nitrogen and oxygen atoms in total. The molecule has 0 aliphatic heterocycles. The van der Waals surface area contributed by atoms with Crippen molar-refractivity contribution in [3.8, 4) is 0 Å². The first-order valence-corrected chi connectivity index (χ1v) is 3.47. The molecular formula is C2H7ClO3P+. The van der Waals surface area contributed by atoms with Gasteiger partial charge in [0.15, 0.2) is 0 Å². The van der Waals surface area contributed by atoms with E-state index < -0.39 is 7.38 Å². The topological polar surface area (TPSA) is 46.5 Å². The molecule has 7 heavy (non-hydrogen) atoms. The average molecular weight is 146 g/mol. The van der Waals surface area contributed by atoms with Crippen LogP contribution in [-0.2, 0) is 9.09 Å². The van der Waals surface area contributed by atoms with E-state index in [1.807, 2.05) is 0 Å². The van der Waals surface area contributed by atoms with Crippen LogP contribution in [0.3, 0.4) is 0 Å². The lowest BCUT2D eigenvalue weighted by Gasteiger charge is -1.53. The molecule has 0 saturated heterocycles. The summed E-state index contributed by atoms with van der Waals surface area (Å²) in [6.07, 6.45) is 0. The smallest absolute Gasteiger partial charge is 0.400 e. The van der Waals surface area contributed by atoms with Crippen molar-refractivity contribution in [1.29, 1.82) is 0 Å². The molecule has 0 bridgehead atoms. The number of hydrogen-bond acceptors (Lipinski definition) is 3. The van der Waals surface area contributed by atoms with E-state index in [9.17, 15) is 4.57 Å². The molecule has 0 radical (unpaired) electrons. The standard InChI is InChI=1S/CH3ClO2P.CH4O/c1-4-5(2)3;1-2/h1H3;2H,1H3/q+1;. The molecule has 0 aliphatic rings. The third-order valence-corrected chi connectivity index (χ3v) is 0.845. The first-order chi connectivity index (χ1) is 3.27. The Bertz CT molecular complexity index is 48.2. The minimum absolute atomic E-state index is 1.00. The molecule has 0 aromatic carbocycles. The van der Waals surface area contributed by atoms with Gasteiger partial charge in [0, 0.05) is 7.11 Å². The maximum absolute atomic E-state index is 9.50. The predicted molar refractivity (Wildman–Crippen MR) is 28.6 cm³/mol. The van der Waals surface area contributed by atoms with E-state index in [2.05, 4.69) is 4.52 Å². The maximum Gasteiger partial charge on any atom is 0.633 e. The van der Waals surface area contributed by atoms with E-state index in [1.54, 1.807) is 0 Å². The Hall–Kier alpha value is 0.310. The predicted octanol–water partition coefficient (Wildman–Crippen LogP) is 1.14. The van der Waals surface area contributed by atoms with Gasteiger partial charge in [0.1, 0.15) is 0 Å². The average Bonchev–Trinajstić information content (AvgIpc) is 1.73. The van der Waals surface area contributed by atoms with Gasteiger partial charge in [-0.05, 0) is 4.57 Å². The van der Waals surface area contributed by atoms with Gasteiger partial charge in [-0.25, -0.2) is 0 Å². The third-order valence-electron chi connectivity index (χ3n) is 0.144. The molecule has 0 fully saturated rings. The van der Waals surface area contributed by atoms with Crippen molar-refractivity contribution in [2.45, 2.75) is 0 Å². The zero-order valence-electron chi connectivity index (χ0n) is 4.09. The van der Waals surface area contributed by atoms with E-state index in [1.165, 1.54) is 7.11 Å². The maximum atomic E-state index is 9.50. The number of aliphatic hydroxyl groups is 1. The van der Waals surface area contributed by atoms with Gasteiger partial charge in [0.2, 0.25) is 11.2 Å². The Balaban J connectivity index is 0. The quantitative estimate of drug-likeness (QED) is 0.563. The van der Waals surface area contributed by atoms with Gasteiger partial charge >= 0.3 is 7.38 Å². The van der Waals surface area contributed by atoms with Gasteiger partial charge in [0.25, 0.3) is 0 Å². The second kappa shape index (κ2) is 9.58. The summed E-state index contributed by atoms with van der Waals surface area (Å²) in [5.41, 5.74) is 0. The summed E-state index contributed by atoms with van der Waals surface area (Å²) in [4.78, 5) is 0. The first kappa shape index (κ1) is 10.3. The Labute approximate surface area is 47.9 Å². The van der Waals surface area contributed by atoms with Crippen LogP contribution in [0.4, 0.5) is 0 Å². The molecule has 0 aromatic heterocycles. The molecule has 0 spiro atoms. The molecule has 0 aromatic rings. The number of rotatable bonds is 1. The van der Waals surface area contributed by atoms with E-state index in [0.29, 0.717) is 0 Å². The Morgan fingerprint density at radius 3 is 1.86 bits per heavy atom. The van der Waals surface area contributed by atoms with Gasteiger partial charge < -0.3 is 5.11 Å². The second-order valence-corrected chi connectivity index (χ2v) is 2.01. The Morgan fingerprint density at radius 1 is 1.71 bits per heavy atom. The van der Waals surface area contributed by atoms with Gasteiger partial charge in [-0.3, -0.25) is 0 Å². The third kappa shape index (κ3) is 22.0. The van der Waals surface area contributed by atoms with E-state index in [4.69, 9.17) is 16.3 Å². The number of halogens is 1. The summed E-state index contributed by atoms with van der Waals surface area (Å²) >= 11 is 4.75. The minimum Gasteiger partial charge on any atom is -0.400 e. The highest BCUT2D eigenvalue weighted by atomic mass is 35.7. The molecule has 44 valence electrons. The number of hydrogen-bond donors (Lipinski definition) is 1. The van der Waals surface area contributed by atoms with Gasteiger partial charge in [-0.1, -0.05) is 0 Å². The van der Waals surface area contributed by atoms with Crippen molar-refractivity contribution in [3.63, 3.8) is 0 Å². The van der Waals surface area contributed by atoms with Crippen LogP contribution in [0.1, 0.15) is 0 Å². The summed E-state index contributed by atoms with van der Waals surface area (Å²) in [5, 5.41) is 7.00. The highest BCUT2D eigenvalue weighted by molar-refractivity contribution is 7.69. The largest absolute Gasteiger partial charge is 0.633 e. The molecular weight excluding hydrogens is 138 g/mol. The zero-order valence-corrected chi connectivity index (χ0v) is 5.74. The van der Waals surface area contributed by atoms with Crippen LogP contribution in [0.5, 0.6) is 0 Å². The minimum atomic E-state index is -1.88. The van der Waals surface area contributed by atoms with Crippen molar-refractivity contribution >= 4 is 18.6 Å². The number of aliphatic hydroxyl groups excluding tert-OH is 1. The van der Waals surface area contributed by atoms with Crippen LogP contribution in [0.2, 0.25) is 0 Å². The van der Waals surface area contributed by atoms with Crippen molar-refractivity contribution < 1.29 is 14.2 Å². The molecule has 5 heteroatoms. The van der Waals surface area contributed by atoms with Crippen molar-refractivity contribution in [1.82, 2.24) is 0 Å². The molecule has 0 aliphatic carbocycles. The molecule has 0 heterocycles. The molecule has 1 atom stereocenters. The lowest BCUT2D eigenvalue weighted by Crippen LogP contribution is -1.49. The Morgan fingerprint density at radius 2 is 1.86 bits per heavy atom. The summed E-state index contributed by atoms with van der Waals surface area (Å²) in [5.74, 6) is 0. The monoisotopic (exact) mass is 145 g/mol. The van der Waals surface area contributed by atoms with Crippen molar-refractivity contribution in [2.75, 3.05) is 14.2 Å². The van der Waals surface area contributed by atoms with E-state index >= 15 is 0 Å². The SMILES string of the molecule is CO.CO[P+](=O)Cl. The lowest BCUT2D eigenvalue weighted by molar-refractivity contribution is 0.399. The summed E-state index contributed by atoms with van der Waals surface area (Å²) in [6, 6.07) is 0. The summed E-state index contributed by atoms with van der Waals surface area (Å²) < 4.78 is 13.5. The van der Waals surface area contributed by atoms with E-state index in [0.717, 1.165) is 7.11 Å². The fourth-order valence-corrected chi connectivity index (χ4v) is 0. The molecule has 0 saturated carbocycles. The van der Waals surface area contributed by atoms with Crippen molar-refractivity contribution in [2.24, 2.45) is 0 Å². The van der Waals surface area contributed by atoms with Gasteiger partial charge in [-0.15, -0.1) is 4.52 Å². The second-order valence-electron chi connectivity index (χ2n) is 0.395. The molecule has 1 unspecified atom stereocenters. The van der Waals surface area contributed by atoms with Crippen LogP contribution in [0.25, 0.3) is 0 Å². The highest BCUT2D eigenvalue weighted by Crippen LogP contribution is 2.24. The highest BCUT2D eigenvalue weighted by Gasteiger charge is 2.04. The first-order valence-electron chi connectivity index (χ1n) is 1.39. The molecule has 0 amide bonds. The van der Waals surface area contributed by atoms with Crippen LogP contribution >= 0.6 is 18.6 Å². The normalized spacial score (nSPS) is 8.86. The fraction of sp³-hybridized carbons (Fsp3) is 1.00. The molecule has 1 N–H and O–H groups in total. The van der Waals surface area contributed by atoms with Crippen LogP contribution in [-0.4, -0.2) is 19.3 Å².